The van der Waals surface area contributed by atoms with Gasteiger partial charge in [-0.1, -0.05) is 18.2 Å². The Hall–Kier alpha value is -1.04. The zero-order valence-corrected chi connectivity index (χ0v) is 8.95. The van der Waals surface area contributed by atoms with Gasteiger partial charge in [0.25, 0.3) is 0 Å². The molecule has 13 heavy (non-hydrogen) atoms. The summed E-state index contributed by atoms with van der Waals surface area (Å²) >= 11 is 2.28. The van der Waals surface area contributed by atoms with E-state index in [0.29, 0.717) is 5.82 Å². The number of aromatic amines is 1. The van der Waals surface area contributed by atoms with Crippen molar-refractivity contribution in [3.8, 4) is 11.3 Å². The van der Waals surface area contributed by atoms with Gasteiger partial charge in [0, 0.05) is 15.2 Å². The van der Waals surface area contributed by atoms with E-state index in [-0.39, 0.29) is 0 Å². The molecule has 4 heteroatoms. The SMILES string of the molecule is Nc1cc(-c2ccccc2I)[nH]n1. The molecular weight excluding hydrogens is 277 g/mol. The molecule has 0 spiro atoms. The summed E-state index contributed by atoms with van der Waals surface area (Å²) in [5.41, 5.74) is 7.61. The van der Waals surface area contributed by atoms with Crippen molar-refractivity contribution < 1.29 is 0 Å². The van der Waals surface area contributed by atoms with Gasteiger partial charge in [-0.15, -0.1) is 0 Å². The van der Waals surface area contributed by atoms with Crippen molar-refractivity contribution in [1.82, 2.24) is 10.2 Å². The molecule has 3 nitrogen and oxygen atoms in total. The van der Waals surface area contributed by atoms with E-state index < -0.39 is 0 Å². The average Bonchev–Trinajstić information content (AvgIpc) is 2.53. The van der Waals surface area contributed by atoms with Gasteiger partial charge in [-0.05, 0) is 28.7 Å². The highest BCUT2D eigenvalue weighted by Crippen LogP contribution is 2.23. The molecule has 0 radical (unpaired) electrons. The van der Waals surface area contributed by atoms with Gasteiger partial charge in [0.05, 0.1) is 5.69 Å². The van der Waals surface area contributed by atoms with E-state index in [1.807, 2.05) is 30.3 Å². The van der Waals surface area contributed by atoms with Crippen LogP contribution in [0.15, 0.2) is 30.3 Å². The molecule has 0 bridgehead atoms. The Bertz CT molecular complexity index is 422. The highest BCUT2D eigenvalue weighted by atomic mass is 127. The fraction of sp³-hybridized carbons (Fsp3) is 0. The molecule has 66 valence electrons. The molecular formula is C9H8IN3. The molecule has 0 amide bonds. The van der Waals surface area contributed by atoms with E-state index in [4.69, 9.17) is 5.73 Å². The van der Waals surface area contributed by atoms with E-state index in [1.165, 1.54) is 3.57 Å². The number of H-pyrrole nitrogens is 1. The maximum Gasteiger partial charge on any atom is 0.145 e. The third kappa shape index (κ3) is 1.67. The van der Waals surface area contributed by atoms with Crippen LogP contribution in [-0.4, -0.2) is 10.2 Å². The predicted molar refractivity (Wildman–Crippen MR) is 61.2 cm³/mol. The number of hydrogen-bond acceptors (Lipinski definition) is 2. The standard InChI is InChI=1S/C9H8IN3/c10-7-4-2-1-3-6(7)8-5-9(11)13-12-8/h1-5H,(H3,11,12,13). The van der Waals surface area contributed by atoms with Crippen molar-refractivity contribution in [3.05, 3.63) is 33.9 Å². The van der Waals surface area contributed by atoms with E-state index >= 15 is 0 Å². The monoisotopic (exact) mass is 285 g/mol. The Kier molecular flexibility index (Phi) is 2.22. The van der Waals surface area contributed by atoms with Gasteiger partial charge in [-0.2, -0.15) is 5.10 Å². The number of hydrogen-bond donors (Lipinski definition) is 2. The predicted octanol–water partition coefficient (Wildman–Crippen LogP) is 2.26. The van der Waals surface area contributed by atoms with Crippen LogP contribution in [0, 0.1) is 3.57 Å². The molecule has 0 atom stereocenters. The van der Waals surface area contributed by atoms with Crippen molar-refractivity contribution in [2.75, 3.05) is 5.73 Å². The van der Waals surface area contributed by atoms with Gasteiger partial charge in [0.1, 0.15) is 5.82 Å². The molecule has 1 aromatic carbocycles. The molecule has 0 saturated carbocycles. The summed E-state index contributed by atoms with van der Waals surface area (Å²) in [6, 6.07) is 9.92. The van der Waals surface area contributed by atoms with Gasteiger partial charge >= 0.3 is 0 Å². The lowest BCUT2D eigenvalue weighted by Crippen LogP contribution is -1.81. The second kappa shape index (κ2) is 3.37. The molecule has 2 aromatic rings. The van der Waals surface area contributed by atoms with Crippen molar-refractivity contribution in [2.24, 2.45) is 0 Å². The normalized spacial score (nSPS) is 10.2. The van der Waals surface area contributed by atoms with Crippen LogP contribution in [0.1, 0.15) is 0 Å². The highest BCUT2D eigenvalue weighted by Gasteiger charge is 2.03. The van der Waals surface area contributed by atoms with Crippen LogP contribution in [0.3, 0.4) is 0 Å². The van der Waals surface area contributed by atoms with Crippen molar-refractivity contribution in [2.45, 2.75) is 0 Å². The lowest BCUT2D eigenvalue weighted by molar-refractivity contribution is 1.10. The maximum atomic E-state index is 5.52. The molecule has 0 aliphatic heterocycles. The van der Waals surface area contributed by atoms with Crippen LogP contribution in [0.2, 0.25) is 0 Å². The number of nitrogens with two attached hydrogens (primary N) is 1. The smallest absolute Gasteiger partial charge is 0.145 e. The van der Waals surface area contributed by atoms with Crippen LogP contribution in [0.5, 0.6) is 0 Å². The van der Waals surface area contributed by atoms with Crippen molar-refractivity contribution >= 4 is 28.4 Å². The van der Waals surface area contributed by atoms with Crippen LogP contribution in [0.25, 0.3) is 11.3 Å². The van der Waals surface area contributed by atoms with Gasteiger partial charge in [-0.25, -0.2) is 0 Å². The quantitative estimate of drug-likeness (QED) is 0.790. The first-order chi connectivity index (χ1) is 6.27. The molecule has 0 unspecified atom stereocenters. The van der Waals surface area contributed by atoms with E-state index in [2.05, 4.69) is 32.8 Å². The highest BCUT2D eigenvalue weighted by molar-refractivity contribution is 14.1. The summed E-state index contributed by atoms with van der Waals surface area (Å²) in [5, 5.41) is 6.77. The number of anilines is 1. The molecule has 0 saturated heterocycles. The van der Waals surface area contributed by atoms with E-state index in [0.717, 1.165) is 11.3 Å². The van der Waals surface area contributed by atoms with Gasteiger partial charge in [0.2, 0.25) is 0 Å². The molecule has 3 N–H and O–H groups in total. The fourth-order valence-electron chi connectivity index (χ4n) is 1.15. The molecule has 1 heterocycles. The maximum absolute atomic E-state index is 5.52. The summed E-state index contributed by atoms with van der Waals surface area (Å²) in [6.07, 6.45) is 0. The first-order valence-corrected chi connectivity index (χ1v) is 4.91. The van der Waals surface area contributed by atoms with Gasteiger partial charge in [-0.3, -0.25) is 5.10 Å². The largest absolute Gasteiger partial charge is 0.382 e. The zero-order chi connectivity index (χ0) is 9.26. The minimum absolute atomic E-state index is 0.523. The Labute approximate surface area is 89.5 Å². The zero-order valence-electron chi connectivity index (χ0n) is 6.79. The third-order valence-electron chi connectivity index (χ3n) is 1.76. The van der Waals surface area contributed by atoms with E-state index in [1.54, 1.807) is 0 Å². The molecule has 1 aromatic heterocycles. The summed E-state index contributed by atoms with van der Waals surface area (Å²) in [4.78, 5) is 0. The first-order valence-electron chi connectivity index (χ1n) is 3.83. The van der Waals surface area contributed by atoms with Gasteiger partial charge in [0.15, 0.2) is 0 Å². The second-order valence-corrected chi connectivity index (χ2v) is 3.85. The van der Waals surface area contributed by atoms with Crippen LogP contribution >= 0.6 is 22.6 Å². The lowest BCUT2D eigenvalue weighted by Gasteiger charge is -1.98. The van der Waals surface area contributed by atoms with Crippen molar-refractivity contribution in [1.29, 1.82) is 0 Å². The fourth-order valence-corrected chi connectivity index (χ4v) is 1.83. The van der Waals surface area contributed by atoms with Crippen LogP contribution in [-0.2, 0) is 0 Å². The third-order valence-corrected chi connectivity index (χ3v) is 2.70. The lowest BCUT2D eigenvalue weighted by atomic mass is 10.2. The Morgan fingerprint density at radius 1 is 1.31 bits per heavy atom. The number of nitrogen functional groups attached to an aromatic ring is 1. The molecule has 2 rings (SSSR count). The molecule has 0 aliphatic rings. The van der Waals surface area contributed by atoms with Crippen LogP contribution in [0.4, 0.5) is 5.82 Å². The van der Waals surface area contributed by atoms with Crippen molar-refractivity contribution in [3.63, 3.8) is 0 Å². The van der Waals surface area contributed by atoms with Crippen LogP contribution < -0.4 is 5.73 Å². The van der Waals surface area contributed by atoms with E-state index in [9.17, 15) is 0 Å². The summed E-state index contributed by atoms with van der Waals surface area (Å²) in [6.45, 7) is 0. The summed E-state index contributed by atoms with van der Waals surface area (Å²) < 4.78 is 1.18. The topological polar surface area (TPSA) is 54.7 Å². The minimum atomic E-state index is 0.523. The molecule has 0 fully saturated rings. The van der Waals surface area contributed by atoms with Gasteiger partial charge < -0.3 is 5.73 Å². The number of nitrogens with one attached hydrogen (secondary N) is 1. The summed E-state index contributed by atoms with van der Waals surface area (Å²) in [7, 11) is 0. The first kappa shape index (κ1) is 8.55. The number of nitrogens with zero attached hydrogens (tertiary/aromatic N) is 1. The summed E-state index contributed by atoms with van der Waals surface area (Å²) in [5.74, 6) is 0.523. The minimum Gasteiger partial charge on any atom is -0.382 e. The Balaban J connectivity index is 2.52. The number of halogens is 1. The molecule has 0 aliphatic carbocycles. The second-order valence-electron chi connectivity index (χ2n) is 2.69. The number of rotatable bonds is 1. The average molecular weight is 285 g/mol. The number of aromatic nitrogens is 2. The Morgan fingerprint density at radius 3 is 2.69 bits per heavy atom. The Morgan fingerprint density at radius 2 is 2.08 bits per heavy atom. The number of benzene rings is 1.